The van der Waals surface area contributed by atoms with Gasteiger partial charge in [-0.25, -0.2) is 4.98 Å². The highest BCUT2D eigenvalue weighted by Gasteiger charge is 2.25. The quantitative estimate of drug-likeness (QED) is 0.860. The molecule has 0 N–H and O–H groups in total. The number of ether oxygens (including phenoxy) is 2. The molecule has 0 atom stereocenters. The van der Waals surface area contributed by atoms with Crippen molar-refractivity contribution in [1.29, 1.82) is 0 Å². The summed E-state index contributed by atoms with van der Waals surface area (Å²) >= 11 is 1.54. The van der Waals surface area contributed by atoms with E-state index >= 15 is 0 Å². The molecular formula is C17H22N2O3S. The second-order valence-electron chi connectivity index (χ2n) is 6.11. The van der Waals surface area contributed by atoms with Gasteiger partial charge in [0.25, 0.3) is 5.19 Å². The van der Waals surface area contributed by atoms with Gasteiger partial charge in [-0.2, -0.15) is 0 Å². The number of thiazole rings is 1. The van der Waals surface area contributed by atoms with Gasteiger partial charge in [0.1, 0.15) is 11.9 Å². The number of hydrogen-bond donors (Lipinski definition) is 0. The molecule has 0 aliphatic carbocycles. The van der Waals surface area contributed by atoms with Crippen molar-refractivity contribution in [2.75, 3.05) is 20.2 Å². The van der Waals surface area contributed by atoms with Crippen LogP contribution < -0.4 is 9.47 Å². The Kier molecular flexibility index (Phi) is 4.71. The Morgan fingerprint density at radius 3 is 2.74 bits per heavy atom. The maximum Gasteiger partial charge on any atom is 0.274 e. The van der Waals surface area contributed by atoms with Gasteiger partial charge < -0.3 is 14.4 Å². The van der Waals surface area contributed by atoms with E-state index in [1.54, 1.807) is 7.11 Å². The molecule has 1 fully saturated rings. The van der Waals surface area contributed by atoms with Crippen molar-refractivity contribution in [3.8, 4) is 10.9 Å². The predicted octanol–water partition coefficient (Wildman–Crippen LogP) is 3.33. The number of piperidine rings is 1. The number of rotatable bonds is 4. The van der Waals surface area contributed by atoms with E-state index in [-0.39, 0.29) is 17.9 Å². The highest BCUT2D eigenvalue weighted by Crippen LogP contribution is 2.32. The minimum atomic E-state index is 0.0618. The summed E-state index contributed by atoms with van der Waals surface area (Å²) in [6, 6.07) is 5.83. The van der Waals surface area contributed by atoms with E-state index in [1.807, 2.05) is 36.9 Å². The smallest absolute Gasteiger partial charge is 0.274 e. The van der Waals surface area contributed by atoms with Crippen molar-refractivity contribution >= 4 is 27.5 Å². The van der Waals surface area contributed by atoms with Crippen molar-refractivity contribution in [3.05, 3.63) is 18.2 Å². The lowest BCUT2D eigenvalue weighted by molar-refractivity contribution is -0.136. The standard InChI is InChI=1S/C17H22N2O3S/c1-11(2)16(20)19-8-6-12(7-9-19)22-17-18-14-5-4-13(21-3)10-15(14)23-17/h4-5,10-12H,6-9H2,1-3H3. The molecule has 3 rings (SSSR count). The molecule has 1 amide bonds. The molecule has 1 saturated heterocycles. The number of likely N-dealkylation sites (tertiary alicyclic amines) is 1. The van der Waals surface area contributed by atoms with Gasteiger partial charge in [0.05, 0.1) is 17.3 Å². The Labute approximate surface area is 140 Å². The first-order valence-electron chi connectivity index (χ1n) is 7.97. The number of fused-ring (bicyclic) bond motifs is 1. The zero-order chi connectivity index (χ0) is 16.4. The van der Waals surface area contributed by atoms with Crippen molar-refractivity contribution in [2.24, 2.45) is 5.92 Å². The lowest BCUT2D eigenvalue weighted by atomic mass is 10.1. The van der Waals surface area contributed by atoms with E-state index in [4.69, 9.17) is 9.47 Å². The molecule has 2 heterocycles. The number of carbonyl (C=O) groups is 1. The van der Waals surface area contributed by atoms with Crippen LogP contribution in [-0.2, 0) is 4.79 Å². The molecule has 0 radical (unpaired) electrons. The first kappa shape index (κ1) is 16.1. The number of carbonyl (C=O) groups excluding carboxylic acids is 1. The molecule has 1 aliphatic heterocycles. The van der Waals surface area contributed by atoms with Gasteiger partial charge >= 0.3 is 0 Å². The SMILES string of the molecule is COc1ccc2nc(OC3CCN(C(=O)C(C)C)CC3)sc2c1. The molecule has 2 aromatic rings. The van der Waals surface area contributed by atoms with Crippen molar-refractivity contribution in [3.63, 3.8) is 0 Å². The highest BCUT2D eigenvalue weighted by molar-refractivity contribution is 7.20. The van der Waals surface area contributed by atoms with Crippen molar-refractivity contribution in [1.82, 2.24) is 9.88 Å². The Morgan fingerprint density at radius 2 is 2.09 bits per heavy atom. The average Bonchev–Trinajstić information content (AvgIpc) is 2.95. The van der Waals surface area contributed by atoms with E-state index in [0.717, 1.165) is 41.9 Å². The first-order valence-corrected chi connectivity index (χ1v) is 8.78. The van der Waals surface area contributed by atoms with Gasteiger partial charge in [-0.15, -0.1) is 0 Å². The number of nitrogens with zero attached hydrogens (tertiary/aromatic N) is 2. The lowest BCUT2D eigenvalue weighted by Crippen LogP contribution is -2.43. The van der Waals surface area contributed by atoms with Crippen LogP contribution in [0.15, 0.2) is 18.2 Å². The van der Waals surface area contributed by atoms with Crippen molar-refractivity contribution in [2.45, 2.75) is 32.8 Å². The van der Waals surface area contributed by atoms with Crippen LogP contribution in [0.5, 0.6) is 10.9 Å². The molecule has 0 unspecified atom stereocenters. The van der Waals surface area contributed by atoms with Crippen LogP contribution >= 0.6 is 11.3 Å². The highest BCUT2D eigenvalue weighted by atomic mass is 32.1. The van der Waals surface area contributed by atoms with Crippen molar-refractivity contribution < 1.29 is 14.3 Å². The third-order valence-electron chi connectivity index (χ3n) is 4.09. The summed E-state index contributed by atoms with van der Waals surface area (Å²) in [6.45, 7) is 5.42. The normalized spacial score (nSPS) is 16.1. The molecule has 0 bridgehead atoms. The third-order valence-corrected chi connectivity index (χ3v) is 5.00. The molecular weight excluding hydrogens is 312 g/mol. The van der Waals surface area contributed by atoms with Gasteiger partial charge in [0.2, 0.25) is 5.91 Å². The molecule has 23 heavy (non-hydrogen) atoms. The van der Waals surface area contributed by atoms with Crippen LogP contribution in [-0.4, -0.2) is 42.1 Å². The second kappa shape index (κ2) is 6.74. The summed E-state index contributed by atoms with van der Waals surface area (Å²) in [5.74, 6) is 1.12. The van der Waals surface area contributed by atoms with Gasteiger partial charge in [-0.1, -0.05) is 25.2 Å². The van der Waals surface area contributed by atoms with E-state index < -0.39 is 0 Å². The first-order chi connectivity index (χ1) is 11.1. The van der Waals surface area contributed by atoms with Gasteiger partial charge in [-0.05, 0) is 18.2 Å². The van der Waals surface area contributed by atoms with E-state index in [1.165, 1.54) is 11.3 Å². The van der Waals surface area contributed by atoms with E-state index in [0.29, 0.717) is 5.19 Å². The molecule has 124 valence electrons. The fraction of sp³-hybridized carbons (Fsp3) is 0.529. The molecule has 6 heteroatoms. The zero-order valence-electron chi connectivity index (χ0n) is 13.7. The Balaban J connectivity index is 1.61. The third kappa shape index (κ3) is 3.58. The topological polar surface area (TPSA) is 51.7 Å². The Bertz CT molecular complexity index is 690. The Morgan fingerprint density at radius 1 is 1.35 bits per heavy atom. The number of hydrogen-bond acceptors (Lipinski definition) is 5. The van der Waals surface area contributed by atoms with Crippen LogP contribution in [0.25, 0.3) is 10.2 Å². The summed E-state index contributed by atoms with van der Waals surface area (Å²) in [5, 5.41) is 0.696. The number of methoxy groups -OCH3 is 1. The average molecular weight is 334 g/mol. The molecule has 1 aromatic heterocycles. The predicted molar refractivity (Wildman–Crippen MR) is 91.2 cm³/mol. The number of benzene rings is 1. The van der Waals surface area contributed by atoms with Gasteiger partial charge in [0, 0.05) is 31.8 Å². The molecule has 1 aromatic carbocycles. The van der Waals surface area contributed by atoms with E-state index in [9.17, 15) is 4.79 Å². The monoisotopic (exact) mass is 334 g/mol. The van der Waals surface area contributed by atoms with Crippen LogP contribution in [0.1, 0.15) is 26.7 Å². The maximum absolute atomic E-state index is 12.0. The fourth-order valence-corrected chi connectivity index (χ4v) is 3.67. The molecule has 5 nitrogen and oxygen atoms in total. The summed E-state index contributed by atoms with van der Waals surface area (Å²) in [4.78, 5) is 18.5. The second-order valence-corrected chi connectivity index (χ2v) is 7.10. The maximum atomic E-state index is 12.0. The Hall–Kier alpha value is -1.82. The number of amides is 1. The summed E-state index contributed by atoms with van der Waals surface area (Å²) < 4.78 is 12.3. The van der Waals surface area contributed by atoms with Crippen LogP contribution in [0.3, 0.4) is 0 Å². The molecule has 0 spiro atoms. The van der Waals surface area contributed by atoms with Crippen LogP contribution in [0, 0.1) is 5.92 Å². The summed E-state index contributed by atoms with van der Waals surface area (Å²) in [7, 11) is 1.66. The summed E-state index contributed by atoms with van der Waals surface area (Å²) in [5.41, 5.74) is 0.929. The molecule has 0 saturated carbocycles. The largest absolute Gasteiger partial charge is 0.497 e. The molecule has 1 aliphatic rings. The van der Waals surface area contributed by atoms with Gasteiger partial charge in [-0.3, -0.25) is 4.79 Å². The number of aromatic nitrogens is 1. The van der Waals surface area contributed by atoms with Crippen LogP contribution in [0.4, 0.5) is 0 Å². The minimum Gasteiger partial charge on any atom is -0.497 e. The minimum absolute atomic E-state index is 0.0618. The van der Waals surface area contributed by atoms with Crippen LogP contribution in [0.2, 0.25) is 0 Å². The zero-order valence-corrected chi connectivity index (χ0v) is 14.6. The van der Waals surface area contributed by atoms with Gasteiger partial charge in [0.15, 0.2) is 0 Å². The summed E-state index contributed by atoms with van der Waals surface area (Å²) in [6.07, 6.45) is 1.85. The lowest BCUT2D eigenvalue weighted by Gasteiger charge is -2.32. The van der Waals surface area contributed by atoms with E-state index in [2.05, 4.69) is 4.98 Å². The fourth-order valence-electron chi connectivity index (χ4n) is 2.76.